The number of Topliss-reactive ketones (excluding diaryl/α,β-unsaturated/α-hetero) is 1. The van der Waals surface area contributed by atoms with Crippen LogP contribution >= 0.6 is 0 Å². The van der Waals surface area contributed by atoms with Crippen molar-refractivity contribution < 1.29 is 14.7 Å². The van der Waals surface area contributed by atoms with Gasteiger partial charge in [0.15, 0.2) is 5.78 Å². The zero-order valence-corrected chi connectivity index (χ0v) is 11.6. The lowest BCUT2D eigenvalue weighted by Gasteiger charge is -2.31. The molecule has 0 radical (unpaired) electrons. The Balaban J connectivity index is 2.41. The number of carboxylic acid groups (broad SMARTS) is 1. The van der Waals surface area contributed by atoms with Gasteiger partial charge in [0.25, 0.3) is 0 Å². The largest absolute Gasteiger partial charge is 0.481 e. The second-order valence-corrected chi connectivity index (χ2v) is 6.45. The Morgan fingerprint density at radius 3 is 2.50 bits per heavy atom. The summed E-state index contributed by atoms with van der Waals surface area (Å²) in [6.07, 6.45) is 4.21. The maximum Gasteiger partial charge on any atom is 0.310 e. The summed E-state index contributed by atoms with van der Waals surface area (Å²) in [5, 5.41) is 9.13. The first-order valence-corrected chi connectivity index (χ1v) is 6.75. The fourth-order valence-electron chi connectivity index (χ4n) is 3.70. The molecule has 18 heavy (non-hydrogen) atoms. The lowest BCUT2D eigenvalue weighted by Crippen LogP contribution is -2.32. The molecule has 2 aliphatic rings. The van der Waals surface area contributed by atoms with Gasteiger partial charge in [0.2, 0.25) is 0 Å². The second kappa shape index (κ2) is 3.94. The van der Waals surface area contributed by atoms with Crippen molar-refractivity contribution in [2.75, 3.05) is 0 Å². The number of allylic oxidation sites excluding steroid dienone is 1. The molecule has 2 aliphatic carbocycles. The zero-order chi connectivity index (χ0) is 13.7. The Labute approximate surface area is 108 Å². The van der Waals surface area contributed by atoms with Crippen LogP contribution in [-0.4, -0.2) is 16.9 Å². The molecule has 1 N–H and O–H groups in total. The fourth-order valence-corrected chi connectivity index (χ4v) is 3.70. The van der Waals surface area contributed by atoms with Gasteiger partial charge in [0.1, 0.15) is 0 Å². The molecule has 0 aromatic carbocycles. The van der Waals surface area contributed by atoms with Crippen molar-refractivity contribution in [1.29, 1.82) is 0 Å². The molecular weight excluding hydrogens is 228 g/mol. The van der Waals surface area contributed by atoms with Crippen LogP contribution in [0.25, 0.3) is 0 Å². The molecular formula is C15H22O3. The van der Waals surface area contributed by atoms with E-state index in [4.69, 9.17) is 5.11 Å². The molecule has 3 atom stereocenters. The molecule has 0 heterocycles. The third kappa shape index (κ3) is 1.49. The number of carbonyl (C=O) groups is 2. The summed E-state index contributed by atoms with van der Waals surface area (Å²) in [5.74, 6) is -0.932. The van der Waals surface area contributed by atoms with Gasteiger partial charge in [0.05, 0.1) is 5.92 Å². The predicted octanol–water partition coefficient (Wildman–Crippen LogP) is 3.05. The number of hydrogen-bond acceptors (Lipinski definition) is 2. The number of carboxylic acids is 1. The molecule has 0 unspecified atom stereocenters. The Kier molecular flexibility index (Phi) is 2.91. The third-order valence-corrected chi connectivity index (χ3v) is 5.50. The molecule has 0 spiro atoms. The van der Waals surface area contributed by atoms with Crippen molar-refractivity contribution in [3.8, 4) is 0 Å². The van der Waals surface area contributed by atoms with Crippen LogP contribution in [0.5, 0.6) is 0 Å². The van der Waals surface area contributed by atoms with Crippen LogP contribution < -0.4 is 0 Å². The van der Waals surface area contributed by atoms with Gasteiger partial charge < -0.3 is 5.11 Å². The molecule has 3 nitrogen and oxygen atoms in total. The molecule has 0 aromatic rings. The number of carbonyl (C=O) groups excluding carboxylic acids is 1. The van der Waals surface area contributed by atoms with Gasteiger partial charge in [-0.3, -0.25) is 9.59 Å². The van der Waals surface area contributed by atoms with Crippen molar-refractivity contribution in [1.82, 2.24) is 0 Å². The van der Waals surface area contributed by atoms with E-state index >= 15 is 0 Å². The summed E-state index contributed by atoms with van der Waals surface area (Å²) < 4.78 is 0. The van der Waals surface area contributed by atoms with E-state index in [1.807, 2.05) is 13.8 Å². The second-order valence-electron chi connectivity index (χ2n) is 6.45. The smallest absolute Gasteiger partial charge is 0.310 e. The van der Waals surface area contributed by atoms with E-state index in [-0.39, 0.29) is 22.5 Å². The molecule has 0 amide bonds. The zero-order valence-electron chi connectivity index (χ0n) is 11.6. The number of aliphatic carboxylic acids is 1. The van der Waals surface area contributed by atoms with Gasteiger partial charge in [0, 0.05) is 5.41 Å². The average molecular weight is 250 g/mol. The van der Waals surface area contributed by atoms with Crippen LogP contribution in [0, 0.1) is 22.7 Å². The highest BCUT2D eigenvalue weighted by atomic mass is 16.4. The lowest BCUT2D eigenvalue weighted by atomic mass is 9.70. The van der Waals surface area contributed by atoms with Gasteiger partial charge in [-0.25, -0.2) is 0 Å². The van der Waals surface area contributed by atoms with Gasteiger partial charge in [-0.1, -0.05) is 33.8 Å². The first-order chi connectivity index (χ1) is 8.25. The topological polar surface area (TPSA) is 54.4 Å². The quantitative estimate of drug-likeness (QED) is 0.783. The van der Waals surface area contributed by atoms with Crippen LogP contribution in [0.4, 0.5) is 0 Å². The third-order valence-electron chi connectivity index (χ3n) is 5.50. The predicted molar refractivity (Wildman–Crippen MR) is 69.1 cm³/mol. The number of fused-ring (bicyclic) bond motifs is 2. The van der Waals surface area contributed by atoms with E-state index in [0.29, 0.717) is 6.42 Å². The van der Waals surface area contributed by atoms with Crippen LogP contribution in [0.2, 0.25) is 0 Å². The molecule has 2 saturated carbocycles. The average Bonchev–Trinajstić information content (AvgIpc) is 2.59. The number of hydrogen-bond donors (Lipinski definition) is 1. The molecule has 3 heteroatoms. The maximum absolute atomic E-state index is 12.5. The normalized spacial score (nSPS) is 37.2. The SMILES string of the molecule is CC[C@H](/C=C1/C(=O)[C@@]2(C)CC[C@H]1C2(C)C)C(=O)O. The number of ketones is 1. The monoisotopic (exact) mass is 250 g/mol. The molecule has 0 aromatic heterocycles. The van der Waals surface area contributed by atoms with Crippen molar-refractivity contribution in [3.05, 3.63) is 11.6 Å². The minimum Gasteiger partial charge on any atom is -0.481 e. The first kappa shape index (κ1) is 13.3. The van der Waals surface area contributed by atoms with E-state index in [2.05, 4.69) is 13.8 Å². The standard InChI is InChI=1S/C15H22O3/c1-5-9(13(17)18)8-10-11-6-7-15(4,12(10)16)14(11,2)3/h8-9,11H,5-7H2,1-4H3,(H,17,18)/b10-8+/t9-,11-,15-/m1/s1. The van der Waals surface area contributed by atoms with Crippen molar-refractivity contribution in [3.63, 3.8) is 0 Å². The molecule has 2 bridgehead atoms. The molecule has 0 saturated heterocycles. The van der Waals surface area contributed by atoms with Gasteiger partial charge >= 0.3 is 5.97 Å². The van der Waals surface area contributed by atoms with E-state index in [9.17, 15) is 9.59 Å². The summed E-state index contributed by atoms with van der Waals surface area (Å²) in [6, 6.07) is 0. The Bertz CT molecular complexity index is 433. The summed E-state index contributed by atoms with van der Waals surface area (Å²) in [6.45, 7) is 8.18. The van der Waals surface area contributed by atoms with Gasteiger partial charge in [-0.2, -0.15) is 0 Å². The first-order valence-electron chi connectivity index (χ1n) is 6.75. The Morgan fingerprint density at radius 2 is 2.11 bits per heavy atom. The van der Waals surface area contributed by atoms with Crippen LogP contribution in [0.3, 0.4) is 0 Å². The summed E-state index contributed by atoms with van der Waals surface area (Å²) in [7, 11) is 0. The lowest BCUT2D eigenvalue weighted by molar-refractivity contribution is -0.140. The Morgan fingerprint density at radius 1 is 1.50 bits per heavy atom. The van der Waals surface area contributed by atoms with Crippen LogP contribution in [0.1, 0.15) is 47.0 Å². The summed E-state index contributed by atoms with van der Waals surface area (Å²) >= 11 is 0. The van der Waals surface area contributed by atoms with Crippen LogP contribution in [-0.2, 0) is 9.59 Å². The maximum atomic E-state index is 12.5. The number of rotatable bonds is 3. The summed E-state index contributed by atoms with van der Waals surface area (Å²) in [4.78, 5) is 23.6. The molecule has 2 rings (SSSR count). The van der Waals surface area contributed by atoms with Gasteiger partial charge in [-0.05, 0) is 36.2 Å². The van der Waals surface area contributed by atoms with Crippen molar-refractivity contribution in [2.45, 2.75) is 47.0 Å². The highest BCUT2D eigenvalue weighted by molar-refractivity contribution is 6.05. The van der Waals surface area contributed by atoms with Gasteiger partial charge in [-0.15, -0.1) is 0 Å². The highest BCUT2D eigenvalue weighted by Crippen LogP contribution is 2.65. The van der Waals surface area contributed by atoms with E-state index < -0.39 is 11.9 Å². The Hall–Kier alpha value is -1.12. The van der Waals surface area contributed by atoms with Crippen molar-refractivity contribution >= 4 is 11.8 Å². The molecule has 2 fully saturated rings. The highest BCUT2D eigenvalue weighted by Gasteiger charge is 2.63. The summed E-state index contributed by atoms with van der Waals surface area (Å²) in [5.41, 5.74) is 0.454. The minimum absolute atomic E-state index is 0.0350. The van der Waals surface area contributed by atoms with Crippen molar-refractivity contribution in [2.24, 2.45) is 22.7 Å². The minimum atomic E-state index is -0.830. The fraction of sp³-hybridized carbons (Fsp3) is 0.733. The van der Waals surface area contributed by atoms with E-state index in [1.54, 1.807) is 6.08 Å². The van der Waals surface area contributed by atoms with E-state index in [0.717, 1.165) is 18.4 Å². The molecule has 0 aliphatic heterocycles. The van der Waals surface area contributed by atoms with E-state index in [1.165, 1.54) is 0 Å². The molecule has 100 valence electrons. The van der Waals surface area contributed by atoms with Crippen LogP contribution in [0.15, 0.2) is 11.6 Å².